The van der Waals surface area contributed by atoms with Crippen LogP contribution in [0.15, 0.2) is 45.6 Å². The molecule has 2 unspecified atom stereocenters. The molecule has 0 spiro atoms. The lowest BCUT2D eigenvalue weighted by atomic mass is 9.93. The van der Waals surface area contributed by atoms with Crippen molar-refractivity contribution in [1.82, 2.24) is 9.80 Å². The van der Waals surface area contributed by atoms with Gasteiger partial charge in [0.1, 0.15) is 11.5 Å². The molecule has 4 rings (SSSR count). The first kappa shape index (κ1) is 29.5. The maximum absolute atomic E-state index is 13.5. The van der Waals surface area contributed by atoms with E-state index in [1.54, 1.807) is 52.9 Å². The van der Waals surface area contributed by atoms with Crippen molar-refractivity contribution in [1.29, 1.82) is 0 Å². The van der Waals surface area contributed by atoms with Gasteiger partial charge >= 0.3 is 11.9 Å². The van der Waals surface area contributed by atoms with Gasteiger partial charge in [-0.1, -0.05) is 11.8 Å². The van der Waals surface area contributed by atoms with Crippen LogP contribution in [0.25, 0.3) is 0 Å². The van der Waals surface area contributed by atoms with Gasteiger partial charge in [-0.3, -0.25) is 9.59 Å². The minimum absolute atomic E-state index is 0.0880. The summed E-state index contributed by atoms with van der Waals surface area (Å²) in [6.45, 7) is 8.40. The van der Waals surface area contributed by atoms with Gasteiger partial charge in [0, 0.05) is 24.9 Å². The molecular weight excluding hydrogens is 534 g/mol. The third-order valence-electron chi connectivity index (χ3n) is 6.98. The van der Waals surface area contributed by atoms with E-state index in [1.165, 1.54) is 11.8 Å². The summed E-state index contributed by atoms with van der Waals surface area (Å²) in [6, 6.07) is 4.84. The first-order chi connectivity index (χ1) is 19.2. The number of thioether (sulfide) groups is 1. The molecule has 40 heavy (non-hydrogen) atoms. The molecule has 1 fully saturated rings. The van der Waals surface area contributed by atoms with Crippen LogP contribution in [0.4, 0.5) is 0 Å². The topological polar surface area (TPSA) is 107 Å². The van der Waals surface area contributed by atoms with Crippen LogP contribution < -0.4 is 9.47 Å². The first-order valence-electron chi connectivity index (χ1n) is 13.5. The zero-order chi connectivity index (χ0) is 29.0. The summed E-state index contributed by atoms with van der Waals surface area (Å²) in [7, 11) is 3.14. The fourth-order valence-corrected chi connectivity index (χ4v) is 6.10. The zero-order valence-corrected chi connectivity index (χ0v) is 24.7. The Morgan fingerprint density at radius 2 is 1.82 bits per heavy atom. The fourth-order valence-electron chi connectivity index (χ4n) is 5.13. The number of fused-ring (bicyclic) bond motifs is 1. The number of benzene rings is 1. The van der Waals surface area contributed by atoms with Crippen molar-refractivity contribution >= 4 is 34.8 Å². The summed E-state index contributed by atoms with van der Waals surface area (Å²) in [6.07, 6.45) is 1.20. The highest BCUT2D eigenvalue weighted by atomic mass is 32.2. The molecule has 1 aromatic carbocycles. The van der Waals surface area contributed by atoms with Gasteiger partial charge < -0.3 is 28.7 Å². The van der Waals surface area contributed by atoms with E-state index in [4.69, 9.17) is 23.9 Å². The highest BCUT2D eigenvalue weighted by Gasteiger charge is 2.42. The quantitative estimate of drug-likeness (QED) is 0.398. The van der Waals surface area contributed by atoms with Crippen LogP contribution in [-0.2, 0) is 23.9 Å². The van der Waals surface area contributed by atoms with Gasteiger partial charge in [0.05, 0.1) is 56.6 Å². The number of piperidine rings is 1. The number of hydrogen-bond acceptors (Lipinski definition) is 10. The van der Waals surface area contributed by atoms with E-state index >= 15 is 0 Å². The van der Waals surface area contributed by atoms with Gasteiger partial charge in [0.2, 0.25) is 5.91 Å². The number of amidine groups is 1. The third-order valence-corrected chi connectivity index (χ3v) is 7.87. The molecule has 3 aliphatic heterocycles. The molecule has 3 heterocycles. The van der Waals surface area contributed by atoms with Crippen LogP contribution in [0.1, 0.15) is 58.6 Å². The highest BCUT2D eigenvalue weighted by molar-refractivity contribution is 8.16. The number of carbonyl (C=O) groups is 3. The van der Waals surface area contributed by atoms with Crippen molar-refractivity contribution in [3.8, 4) is 11.5 Å². The fraction of sp³-hybridized carbons (Fsp3) is 0.517. The van der Waals surface area contributed by atoms with Crippen LogP contribution in [0.3, 0.4) is 0 Å². The molecule has 0 bridgehead atoms. The average Bonchev–Trinajstić information content (AvgIpc) is 3.33. The van der Waals surface area contributed by atoms with E-state index < -0.39 is 12.0 Å². The monoisotopic (exact) mass is 571 g/mol. The normalized spacial score (nSPS) is 20.6. The molecule has 1 saturated heterocycles. The van der Waals surface area contributed by atoms with Crippen LogP contribution in [-0.4, -0.2) is 72.8 Å². The third kappa shape index (κ3) is 6.29. The van der Waals surface area contributed by atoms with Gasteiger partial charge in [0.25, 0.3) is 0 Å². The minimum Gasteiger partial charge on any atom is -0.497 e. The molecule has 1 amide bonds. The summed E-state index contributed by atoms with van der Waals surface area (Å²) in [5.74, 6) is -0.0165. The van der Waals surface area contributed by atoms with E-state index in [0.29, 0.717) is 59.8 Å². The standard InChI is InChI=1S/C29H37N3O7S/c1-7-38-27(34)19-9-8-10-31(15-19)24(33)13-21-16-40-29-30-18(4)25(28(35)39-17(2)3)26(32(21)29)20-11-22(36-5)14-23(12-20)37-6/h11-12,14,16-17,19,26H,7-10,13,15H2,1-6H3. The maximum Gasteiger partial charge on any atom is 0.338 e. The van der Waals surface area contributed by atoms with Gasteiger partial charge in [-0.05, 0) is 63.6 Å². The molecule has 10 nitrogen and oxygen atoms in total. The lowest BCUT2D eigenvalue weighted by Crippen LogP contribution is -2.44. The van der Waals surface area contributed by atoms with Crippen LogP contribution >= 0.6 is 11.8 Å². The highest BCUT2D eigenvalue weighted by Crippen LogP contribution is 2.46. The molecule has 0 radical (unpaired) electrons. The second kappa shape index (κ2) is 12.8. The van der Waals surface area contributed by atoms with E-state index in [1.807, 2.05) is 22.4 Å². The average molecular weight is 572 g/mol. The van der Waals surface area contributed by atoms with Crippen LogP contribution in [0, 0.1) is 5.92 Å². The number of allylic oxidation sites excluding steroid dienone is 1. The summed E-state index contributed by atoms with van der Waals surface area (Å²) in [5.41, 5.74) is 2.38. The molecule has 1 aromatic rings. The molecule has 0 saturated carbocycles. The predicted molar refractivity (Wildman–Crippen MR) is 152 cm³/mol. The number of esters is 2. The van der Waals surface area contributed by atoms with Crippen LogP contribution in [0.5, 0.6) is 11.5 Å². The smallest absolute Gasteiger partial charge is 0.338 e. The number of hydrogen-bond donors (Lipinski definition) is 0. The zero-order valence-electron chi connectivity index (χ0n) is 23.9. The molecule has 2 atom stereocenters. The number of carbonyl (C=O) groups excluding carboxylic acids is 3. The van der Waals surface area contributed by atoms with Gasteiger partial charge in [0.15, 0.2) is 5.17 Å². The predicted octanol–water partition coefficient (Wildman–Crippen LogP) is 4.42. The van der Waals surface area contributed by atoms with Crippen molar-refractivity contribution in [2.24, 2.45) is 10.9 Å². The Hall–Kier alpha value is -3.47. The molecule has 0 aliphatic carbocycles. The minimum atomic E-state index is -0.620. The first-order valence-corrected chi connectivity index (χ1v) is 14.4. The Morgan fingerprint density at radius 3 is 2.45 bits per heavy atom. The maximum atomic E-state index is 13.5. The molecule has 0 N–H and O–H groups in total. The van der Waals surface area contributed by atoms with Crippen molar-refractivity contribution < 1.29 is 33.3 Å². The van der Waals surface area contributed by atoms with Crippen molar-refractivity contribution in [2.45, 2.75) is 59.1 Å². The second-order valence-corrected chi connectivity index (χ2v) is 10.9. The Labute approximate surface area is 239 Å². The van der Waals surface area contributed by atoms with Crippen molar-refractivity contribution in [2.75, 3.05) is 33.9 Å². The van der Waals surface area contributed by atoms with Gasteiger partial charge in [-0.2, -0.15) is 0 Å². The van der Waals surface area contributed by atoms with E-state index in [2.05, 4.69) is 0 Å². The van der Waals surface area contributed by atoms with E-state index in [0.717, 1.165) is 12.0 Å². The van der Waals surface area contributed by atoms with Gasteiger partial charge in [-0.15, -0.1) is 0 Å². The molecule has 0 aromatic heterocycles. The van der Waals surface area contributed by atoms with E-state index in [9.17, 15) is 14.4 Å². The second-order valence-electron chi connectivity index (χ2n) is 10.1. The van der Waals surface area contributed by atoms with Crippen LogP contribution in [0.2, 0.25) is 0 Å². The van der Waals surface area contributed by atoms with Gasteiger partial charge in [-0.25, -0.2) is 9.79 Å². The number of methoxy groups -OCH3 is 2. The Kier molecular flexibility index (Phi) is 9.44. The number of likely N-dealkylation sites (tertiary alicyclic amines) is 1. The Morgan fingerprint density at radius 1 is 1.12 bits per heavy atom. The summed E-state index contributed by atoms with van der Waals surface area (Å²) in [4.78, 5) is 47.7. The summed E-state index contributed by atoms with van der Waals surface area (Å²) >= 11 is 1.41. The largest absolute Gasteiger partial charge is 0.497 e. The Bertz CT molecular complexity index is 1230. The number of amides is 1. The number of aliphatic imine (C=N–C) groups is 1. The number of rotatable bonds is 9. The molecule has 11 heteroatoms. The summed E-state index contributed by atoms with van der Waals surface area (Å²) in [5, 5.41) is 2.56. The molecule has 216 valence electrons. The van der Waals surface area contributed by atoms with Crippen molar-refractivity contribution in [3.05, 3.63) is 46.1 Å². The SMILES string of the molecule is CCOC(=O)C1CCCN(C(=O)CC2=CSC3=NC(C)=C(C(=O)OC(C)C)C(c4cc(OC)cc(OC)c4)N23)C1. The summed E-state index contributed by atoms with van der Waals surface area (Å²) < 4.78 is 21.9. The molecular formula is C29H37N3O7S. The number of nitrogens with zero attached hydrogens (tertiary/aromatic N) is 3. The number of ether oxygens (including phenoxy) is 4. The Balaban J connectivity index is 1.67. The lowest BCUT2D eigenvalue weighted by molar-refractivity contribution is -0.151. The lowest BCUT2D eigenvalue weighted by Gasteiger charge is -2.37. The van der Waals surface area contributed by atoms with Crippen molar-refractivity contribution in [3.63, 3.8) is 0 Å². The van der Waals surface area contributed by atoms with E-state index in [-0.39, 0.29) is 30.3 Å². The molecule has 3 aliphatic rings.